The van der Waals surface area contributed by atoms with E-state index in [2.05, 4.69) is 15.5 Å². The largest absolute Gasteiger partial charge is 0.465 e. The molecule has 1 N–H and O–H groups in total. The van der Waals surface area contributed by atoms with E-state index in [1.54, 1.807) is 13.0 Å². The molecular formula is C7H10N2O4. The number of hydrogen-bond acceptors (Lipinski definition) is 5. The number of aryl methyl sites for hydroxylation is 1. The summed E-state index contributed by atoms with van der Waals surface area (Å²) < 4.78 is 9.66. The lowest BCUT2D eigenvalue weighted by atomic mass is 10.5. The van der Waals surface area contributed by atoms with Crippen molar-refractivity contribution in [2.24, 2.45) is 0 Å². The number of carbonyl (C=O) groups is 1. The van der Waals surface area contributed by atoms with E-state index in [0.29, 0.717) is 5.76 Å². The smallest absolute Gasteiger partial charge is 0.281 e. The zero-order chi connectivity index (χ0) is 9.68. The molecule has 0 saturated heterocycles. The maximum atomic E-state index is 10.8. The van der Waals surface area contributed by atoms with Crippen LogP contribution in [0.25, 0.3) is 0 Å². The molecule has 0 aliphatic carbocycles. The van der Waals surface area contributed by atoms with E-state index < -0.39 is 0 Å². The van der Waals surface area contributed by atoms with E-state index in [4.69, 9.17) is 9.26 Å². The summed E-state index contributed by atoms with van der Waals surface area (Å²) in [6, 6.07) is 1.58. The Kier molecular flexibility index (Phi) is 3.27. The predicted molar refractivity (Wildman–Crippen MR) is 41.9 cm³/mol. The Bertz CT molecular complexity index is 284. The molecule has 1 aromatic rings. The molecule has 1 amide bonds. The second-order valence-corrected chi connectivity index (χ2v) is 2.29. The zero-order valence-electron chi connectivity index (χ0n) is 7.36. The summed E-state index contributed by atoms with van der Waals surface area (Å²) in [6.07, 6.45) is 0. The maximum absolute atomic E-state index is 10.8. The lowest BCUT2D eigenvalue weighted by Gasteiger charge is -2.01. The van der Waals surface area contributed by atoms with Gasteiger partial charge in [-0.3, -0.25) is 9.63 Å². The average Bonchev–Trinajstić information content (AvgIpc) is 2.49. The molecule has 13 heavy (non-hydrogen) atoms. The predicted octanol–water partition coefficient (Wildman–Crippen LogP) is 0.0394. The highest BCUT2D eigenvalue weighted by atomic mass is 16.6. The van der Waals surface area contributed by atoms with Gasteiger partial charge in [0.25, 0.3) is 11.8 Å². The second-order valence-electron chi connectivity index (χ2n) is 2.29. The Balaban J connectivity index is 2.30. The van der Waals surface area contributed by atoms with Crippen LogP contribution in [0.3, 0.4) is 0 Å². The number of ether oxygens (including phenoxy) is 1. The molecule has 0 saturated carbocycles. The van der Waals surface area contributed by atoms with Gasteiger partial charge < -0.3 is 9.26 Å². The van der Waals surface area contributed by atoms with Crippen LogP contribution < -0.4 is 10.2 Å². The third-order valence-electron chi connectivity index (χ3n) is 1.17. The number of aromatic nitrogens is 1. The molecule has 0 spiro atoms. The van der Waals surface area contributed by atoms with Crippen LogP contribution in [-0.4, -0.2) is 24.8 Å². The molecule has 0 aliphatic rings. The van der Waals surface area contributed by atoms with Crippen LogP contribution in [-0.2, 0) is 9.63 Å². The van der Waals surface area contributed by atoms with Crippen molar-refractivity contribution in [2.45, 2.75) is 6.92 Å². The van der Waals surface area contributed by atoms with Crippen LogP contribution in [0.4, 0.5) is 0 Å². The van der Waals surface area contributed by atoms with Crippen molar-refractivity contribution in [3.63, 3.8) is 0 Å². The van der Waals surface area contributed by atoms with Crippen molar-refractivity contribution in [2.75, 3.05) is 13.7 Å². The molecule has 0 fully saturated rings. The van der Waals surface area contributed by atoms with Crippen molar-refractivity contribution in [1.82, 2.24) is 10.6 Å². The molecule has 72 valence electrons. The molecule has 0 unspecified atom stereocenters. The fourth-order valence-corrected chi connectivity index (χ4v) is 0.694. The van der Waals surface area contributed by atoms with Crippen molar-refractivity contribution in [1.29, 1.82) is 0 Å². The van der Waals surface area contributed by atoms with Crippen LogP contribution in [0.15, 0.2) is 10.6 Å². The lowest BCUT2D eigenvalue weighted by molar-refractivity contribution is -0.133. The van der Waals surface area contributed by atoms with Crippen molar-refractivity contribution in [3.05, 3.63) is 11.8 Å². The molecule has 0 radical (unpaired) electrons. The van der Waals surface area contributed by atoms with Crippen molar-refractivity contribution >= 4 is 5.91 Å². The Morgan fingerprint density at radius 3 is 3.08 bits per heavy atom. The molecule has 0 bridgehead atoms. The first-order valence-corrected chi connectivity index (χ1v) is 3.60. The number of carbonyl (C=O) groups excluding carboxylic acids is 1. The van der Waals surface area contributed by atoms with Gasteiger partial charge in [0, 0.05) is 6.07 Å². The van der Waals surface area contributed by atoms with Crippen LogP contribution in [0.2, 0.25) is 0 Å². The van der Waals surface area contributed by atoms with E-state index in [1.165, 1.54) is 7.11 Å². The van der Waals surface area contributed by atoms with E-state index >= 15 is 0 Å². The third kappa shape index (κ3) is 3.12. The standard InChI is InChI=1S/C7H10N2O4/c1-5-3-7(9-13-5)12-4-6(10)8-11-2/h3H,4H2,1-2H3,(H,8,10). The van der Waals surface area contributed by atoms with Gasteiger partial charge in [0.1, 0.15) is 5.76 Å². The normalized spacial score (nSPS) is 9.69. The first kappa shape index (κ1) is 9.53. The van der Waals surface area contributed by atoms with Gasteiger partial charge in [-0.25, -0.2) is 5.48 Å². The number of nitrogens with zero attached hydrogens (tertiary/aromatic N) is 1. The van der Waals surface area contributed by atoms with Gasteiger partial charge in [-0.1, -0.05) is 0 Å². The molecule has 0 aromatic carbocycles. The highest BCUT2D eigenvalue weighted by Gasteiger charge is 2.04. The molecular weight excluding hydrogens is 176 g/mol. The third-order valence-corrected chi connectivity index (χ3v) is 1.17. The summed E-state index contributed by atoms with van der Waals surface area (Å²) in [7, 11) is 1.35. The lowest BCUT2D eigenvalue weighted by Crippen LogP contribution is -2.27. The average molecular weight is 186 g/mol. The summed E-state index contributed by atoms with van der Waals surface area (Å²) >= 11 is 0. The minimum atomic E-state index is -0.386. The fraction of sp³-hybridized carbons (Fsp3) is 0.429. The van der Waals surface area contributed by atoms with Crippen LogP contribution in [0.1, 0.15) is 5.76 Å². The van der Waals surface area contributed by atoms with Gasteiger partial charge in [-0.15, -0.1) is 0 Å². The van der Waals surface area contributed by atoms with E-state index in [0.717, 1.165) is 0 Å². The number of hydrogen-bond donors (Lipinski definition) is 1. The number of amides is 1. The molecule has 1 heterocycles. The fourth-order valence-electron chi connectivity index (χ4n) is 0.694. The molecule has 0 aliphatic heterocycles. The quantitative estimate of drug-likeness (QED) is 0.672. The molecule has 1 aromatic heterocycles. The first-order chi connectivity index (χ1) is 6.22. The first-order valence-electron chi connectivity index (χ1n) is 3.60. The van der Waals surface area contributed by atoms with Crippen molar-refractivity contribution in [3.8, 4) is 5.88 Å². The van der Waals surface area contributed by atoms with Gasteiger partial charge >= 0.3 is 0 Å². The highest BCUT2D eigenvalue weighted by molar-refractivity contribution is 5.76. The summed E-state index contributed by atoms with van der Waals surface area (Å²) in [5.74, 6) is 0.522. The molecule has 6 heteroatoms. The van der Waals surface area contributed by atoms with Gasteiger partial charge in [-0.05, 0) is 12.1 Å². The zero-order valence-corrected chi connectivity index (χ0v) is 7.36. The molecule has 1 rings (SSSR count). The minimum Gasteiger partial charge on any atom is -0.465 e. The summed E-state index contributed by atoms with van der Waals surface area (Å²) in [5.41, 5.74) is 2.10. The van der Waals surface area contributed by atoms with Crippen LogP contribution in [0, 0.1) is 6.92 Å². The Morgan fingerprint density at radius 2 is 2.54 bits per heavy atom. The number of hydroxylamine groups is 1. The number of nitrogens with one attached hydrogen (secondary N) is 1. The maximum Gasteiger partial charge on any atom is 0.281 e. The minimum absolute atomic E-state index is 0.153. The Labute approximate surface area is 74.7 Å². The van der Waals surface area contributed by atoms with E-state index in [-0.39, 0.29) is 18.4 Å². The summed E-state index contributed by atoms with van der Waals surface area (Å²) in [6.45, 7) is 1.58. The highest BCUT2D eigenvalue weighted by Crippen LogP contribution is 2.08. The van der Waals surface area contributed by atoms with Gasteiger partial charge in [0.15, 0.2) is 6.61 Å². The Hall–Kier alpha value is -1.56. The SMILES string of the molecule is CONC(=O)COc1cc(C)on1. The van der Waals surface area contributed by atoms with E-state index in [1.807, 2.05) is 0 Å². The van der Waals surface area contributed by atoms with Crippen LogP contribution >= 0.6 is 0 Å². The van der Waals surface area contributed by atoms with Gasteiger partial charge in [0.2, 0.25) is 0 Å². The van der Waals surface area contributed by atoms with Crippen LogP contribution in [0.5, 0.6) is 5.88 Å². The van der Waals surface area contributed by atoms with E-state index in [9.17, 15) is 4.79 Å². The summed E-state index contributed by atoms with van der Waals surface area (Å²) in [4.78, 5) is 15.2. The second kappa shape index (κ2) is 4.46. The summed E-state index contributed by atoms with van der Waals surface area (Å²) in [5, 5.41) is 3.53. The Morgan fingerprint density at radius 1 is 1.77 bits per heavy atom. The number of rotatable bonds is 4. The molecule has 0 atom stereocenters. The molecule has 6 nitrogen and oxygen atoms in total. The monoisotopic (exact) mass is 186 g/mol. The van der Waals surface area contributed by atoms with Crippen molar-refractivity contribution < 1.29 is 18.9 Å². The topological polar surface area (TPSA) is 73.6 Å². The van der Waals surface area contributed by atoms with Gasteiger partial charge in [-0.2, -0.15) is 0 Å². The van der Waals surface area contributed by atoms with Gasteiger partial charge in [0.05, 0.1) is 7.11 Å².